The van der Waals surface area contributed by atoms with Gasteiger partial charge in [-0.15, -0.1) is 0 Å². The van der Waals surface area contributed by atoms with E-state index in [1.54, 1.807) is 12.1 Å². The first-order valence-corrected chi connectivity index (χ1v) is 7.69. The summed E-state index contributed by atoms with van der Waals surface area (Å²) < 4.78 is 18.4. The number of nitrogens with one attached hydrogen (secondary N) is 2. The first-order chi connectivity index (χ1) is 10.5. The van der Waals surface area contributed by atoms with Crippen LogP contribution in [-0.4, -0.2) is 35.9 Å². The van der Waals surface area contributed by atoms with Crippen LogP contribution in [0.1, 0.15) is 32.6 Å². The molecule has 22 heavy (non-hydrogen) atoms. The SMILES string of the molecule is CC(CNC(=O)NC1CCCCC1O)Oc1ccc(F)cc1. The van der Waals surface area contributed by atoms with Gasteiger partial charge in [-0.25, -0.2) is 9.18 Å². The first kappa shape index (κ1) is 16.5. The van der Waals surface area contributed by atoms with Crippen molar-refractivity contribution in [1.29, 1.82) is 0 Å². The molecule has 0 aliphatic heterocycles. The minimum absolute atomic E-state index is 0.179. The number of carbonyl (C=O) groups excluding carboxylic acids is 1. The van der Waals surface area contributed by atoms with Crippen molar-refractivity contribution in [3.63, 3.8) is 0 Å². The molecule has 1 aliphatic rings. The zero-order valence-electron chi connectivity index (χ0n) is 12.7. The number of urea groups is 1. The van der Waals surface area contributed by atoms with Crippen LogP contribution in [0.3, 0.4) is 0 Å². The van der Waals surface area contributed by atoms with E-state index in [1.165, 1.54) is 12.1 Å². The first-order valence-electron chi connectivity index (χ1n) is 7.69. The number of hydrogen-bond acceptors (Lipinski definition) is 3. The van der Waals surface area contributed by atoms with Gasteiger partial charge in [-0.1, -0.05) is 12.8 Å². The standard InChI is InChI=1S/C16H23FN2O3/c1-11(22-13-8-6-12(17)7-9-13)10-18-16(21)19-14-4-2-3-5-15(14)20/h6-9,11,14-15,20H,2-5,10H2,1H3,(H2,18,19,21). The third kappa shape index (κ3) is 5.18. The van der Waals surface area contributed by atoms with Crippen LogP contribution in [-0.2, 0) is 0 Å². The molecule has 1 saturated carbocycles. The summed E-state index contributed by atoms with van der Waals surface area (Å²) in [6, 6.07) is 5.26. The number of hydrogen-bond donors (Lipinski definition) is 3. The van der Waals surface area contributed by atoms with Crippen molar-refractivity contribution in [1.82, 2.24) is 10.6 Å². The smallest absolute Gasteiger partial charge is 0.315 e. The molecule has 3 N–H and O–H groups in total. The highest BCUT2D eigenvalue weighted by atomic mass is 19.1. The Morgan fingerprint density at radius 1 is 1.36 bits per heavy atom. The maximum Gasteiger partial charge on any atom is 0.315 e. The second kappa shape index (κ2) is 7.98. The van der Waals surface area contributed by atoms with Gasteiger partial charge in [0.15, 0.2) is 0 Å². The van der Waals surface area contributed by atoms with Crippen LogP contribution in [0.4, 0.5) is 9.18 Å². The summed E-state index contributed by atoms with van der Waals surface area (Å²) in [5.74, 6) is 0.238. The van der Waals surface area contributed by atoms with Crippen molar-refractivity contribution in [3.05, 3.63) is 30.1 Å². The van der Waals surface area contributed by atoms with Gasteiger partial charge in [-0.3, -0.25) is 0 Å². The molecule has 122 valence electrons. The molecule has 3 atom stereocenters. The van der Waals surface area contributed by atoms with Gasteiger partial charge in [-0.2, -0.15) is 0 Å². The third-order valence-electron chi connectivity index (χ3n) is 3.75. The lowest BCUT2D eigenvalue weighted by molar-refractivity contribution is 0.0940. The van der Waals surface area contributed by atoms with Crippen molar-refractivity contribution in [3.8, 4) is 5.75 Å². The number of rotatable bonds is 5. The van der Waals surface area contributed by atoms with E-state index in [9.17, 15) is 14.3 Å². The van der Waals surface area contributed by atoms with Gasteiger partial charge in [0.1, 0.15) is 17.7 Å². The molecule has 0 spiro atoms. The second-order valence-corrected chi connectivity index (χ2v) is 5.70. The molecule has 1 fully saturated rings. The van der Waals surface area contributed by atoms with Crippen molar-refractivity contribution >= 4 is 6.03 Å². The molecule has 0 heterocycles. The van der Waals surface area contributed by atoms with E-state index in [-0.39, 0.29) is 24.0 Å². The molecule has 0 bridgehead atoms. The topological polar surface area (TPSA) is 70.6 Å². The van der Waals surface area contributed by atoms with Gasteiger partial charge in [0.2, 0.25) is 0 Å². The van der Waals surface area contributed by atoms with Crippen molar-refractivity contribution in [2.45, 2.75) is 50.9 Å². The molecule has 1 aromatic carbocycles. The van der Waals surface area contributed by atoms with Crippen molar-refractivity contribution in [2.24, 2.45) is 0 Å². The number of aliphatic hydroxyl groups is 1. The van der Waals surface area contributed by atoms with Crippen LogP contribution >= 0.6 is 0 Å². The van der Waals surface area contributed by atoms with Crippen LogP contribution in [0.2, 0.25) is 0 Å². The summed E-state index contributed by atoms with van der Waals surface area (Å²) in [5.41, 5.74) is 0. The Labute approximate surface area is 129 Å². The molecule has 0 aromatic heterocycles. The summed E-state index contributed by atoms with van der Waals surface area (Å²) in [5, 5.41) is 15.3. The quantitative estimate of drug-likeness (QED) is 0.781. The lowest BCUT2D eigenvalue weighted by atomic mass is 9.93. The number of ether oxygens (including phenoxy) is 1. The zero-order chi connectivity index (χ0) is 15.9. The van der Waals surface area contributed by atoms with Gasteiger partial charge < -0.3 is 20.5 Å². The highest BCUT2D eigenvalue weighted by Gasteiger charge is 2.24. The van der Waals surface area contributed by atoms with Crippen LogP contribution < -0.4 is 15.4 Å². The average Bonchev–Trinajstić information content (AvgIpc) is 2.50. The predicted octanol–water partition coefficient (Wildman–Crippen LogP) is 2.20. The molecule has 2 rings (SSSR count). The summed E-state index contributed by atoms with van der Waals surface area (Å²) >= 11 is 0. The molecular weight excluding hydrogens is 287 g/mol. The monoisotopic (exact) mass is 310 g/mol. The van der Waals surface area contributed by atoms with Gasteiger partial charge >= 0.3 is 6.03 Å². The van der Waals surface area contributed by atoms with Gasteiger partial charge in [0.05, 0.1) is 18.7 Å². The second-order valence-electron chi connectivity index (χ2n) is 5.70. The molecule has 2 amide bonds. The average molecular weight is 310 g/mol. The maximum absolute atomic E-state index is 12.8. The van der Waals surface area contributed by atoms with E-state index in [2.05, 4.69) is 10.6 Å². The van der Waals surface area contributed by atoms with Gasteiger partial charge in [-0.05, 0) is 44.0 Å². The lowest BCUT2D eigenvalue weighted by Crippen LogP contribution is -2.50. The number of amides is 2. The Morgan fingerprint density at radius 3 is 2.73 bits per heavy atom. The lowest BCUT2D eigenvalue weighted by Gasteiger charge is -2.28. The molecule has 0 saturated heterocycles. The Hall–Kier alpha value is -1.82. The van der Waals surface area contributed by atoms with E-state index in [0.29, 0.717) is 12.3 Å². The largest absolute Gasteiger partial charge is 0.489 e. The Balaban J connectivity index is 1.70. The molecule has 0 radical (unpaired) electrons. The summed E-state index contributed by atoms with van der Waals surface area (Å²) in [6.07, 6.45) is 2.85. The minimum atomic E-state index is -0.465. The van der Waals surface area contributed by atoms with Crippen LogP contribution in [0.5, 0.6) is 5.75 Å². The van der Waals surface area contributed by atoms with Gasteiger partial charge in [0.25, 0.3) is 0 Å². The van der Waals surface area contributed by atoms with Crippen molar-refractivity contribution in [2.75, 3.05) is 6.54 Å². The fraction of sp³-hybridized carbons (Fsp3) is 0.562. The van der Waals surface area contributed by atoms with E-state index in [4.69, 9.17) is 4.74 Å². The molecule has 6 heteroatoms. The van der Waals surface area contributed by atoms with E-state index >= 15 is 0 Å². The van der Waals surface area contributed by atoms with E-state index < -0.39 is 6.10 Å². The fourth-order valence-corrected chi connectivity index (χ4v) is 2.52. The number of benzene rings is 1. The summed E-state index contributed by atoms with van der Waals surface area (Å²) in [7, 11) is 0. The van der Waals surface area contributed by atoms with Crippen molar-refractivity contribution < 1.29 is 19.0 Å². The predicted molar refractivity (Wildman–Crippen MR) is 81.3 cm³/mol. The summed E-state index contributed by atoms with van der Waals surface area (Å²) in [4.78, 5) is 11.8. The molecule has 3 unspecified atom stereocenters. The summed E-state index contributed by atoms with van der Waals surface area (Å²) in [6.45, 7) is 2.14. The Morgan fingerprint density at radius 2 is 2.05 bits per heavy atom. The molecular formula is C16H23FN2O3. The highest BCUT2D eigenvalue weighted by Crippen LogP contribution is 2.18. The Kier molecular flexibility index (Phi) is 6.00. The maximum atomic E-state index is 12.8. The van der Waals surface area contributed by atoms with Crippen LogP contribution in [0.15, 0.2) is 24.3 Å². The fourth-order valence-electron chi connectivity index (χ4n) is 2.52. The van der Waals surface area contributed by atoms with Crippen LogP contribution in [0, 0.1) is 5.82 Å². The van der Waals surface area contributed by atoms with Crippen LogP contribution in [0.25, 0.3) is 0 Å². The normalized spacial score (nSPS) is 22.7. The van der Waals surface area contributed by atoms with E-state index in [1.807, 2.05) is 6.92 Å². The molecule has 1 aliphatic carbocycles. The third-order valence-corrected chi connectivity index (χ3v) is 3.75. The van der Waals surface area contributed by atoms with E-state index in [0.717, 1.165) is 25.7 Å². The Bertz CT molecular complexity index is 481. The number of carbonyl (C=O) groups is 1. The van der Waals surface area contributed by atoms with Gasteiger partial charge in [0, 0.05) is 0 Å². The highest BCUT2D eigenvalue weighted by molar-refractivity contribution is 5.74. The number of aliphatic hydroxyl groups excluding tert-OH is 1. The minimum Gasteiger partial charge on any atom is -0.489 e. The number of halogens is 1. The molecule has 5 nitrogen and oxygen atoms in total. The zero-order valence-corrected chi connectivity index (χ0v) is 12.7. The molecule has 1 aromatic rings.